The van der Waals surface area contributed by atoms with Crippen molar-refractivity contribution in [1.29, 1.82) is 0 Å². The van der Waals surface area contributed by atoms with Gasteiger partial charge in [0.1, 0.15) is 0 Å². The molecule has 0 bridgehead atoms. The Labute approximate surface area is 127 Å². The van der Waals surface area contributed by atoms with Crippen LogP contribution in [-0.4, -0.2) is 38.1 Å². The topological polar surface area (TPSA) is 88.0 Å². The number of ether oxygens (including phenoxy) is 1. The van der Waals surface area contributed by atoms with Gasteiger partial charge in [-0.1, -0.05) is 0 Å². The van der Waals surface area contributed by atoms with Crippen LogP contribution >= 0.6 is 0 Å². The molecule has 3 N–H and O–H groups in total. The van der Waals surface area contributed by atoms with Crippen LogP contribution in [0.15, 0.2) is 0 Å². The van der Waals surface area contributed by atoms with Crippen molar-refractivity contribution in [3.05, 3.63) is 29.1 Å². The van der Waals surface area contributed by atoms with E-state index in [-0.39, 0.29) is 19.0 Å². The SMILES string of the molecule is CO[Si](O)(O)CCCNC(=O)Oc1c(F)c(F)c(F)c(F)c1F. The summed E-state index contributed by atoms with van der Waals surface area (Å²) in [5.74, 6) is -13.2. The highest BCUT2D eigenvalue weighted by Crippen LogP contribution is 2.29. The first-order valence-electron chi connectivity index (χ1n) is 6.07. The molecule has 0 saturated carbocycles. The molecule has 12 heteroatoms. The van der Waals surface area contributed by atoms with Crippen molar-refractivity contribution in [3.8, 4) is 5.75 Å². The molecule has 1 amide bonds. The summed E-state index contributed by atoms with van der Waals surface area (Å²) < 4.78 is 73.5. The monoisotopic (exact) mass is 361 g/mol. The van der Waals surface area contributed by atoms with Crippen molar-refractivity contribution in [2.45, 2.75) is 12.5 Å². The molecule has 0 heterocycles. The number of amides is 1. The van der Waals surface area contributed by atoms with Gasteiger partial charge in [0.15, 0.2) is 0 Å². The number of halogens is 5. The second kappa shape index (κ2) is 7.67. The van der Waals surface area contributed by atoms with E-state index < -0.39 is 49.7 Å². The van der Waals surface area contributed by atoms with Crippen LogP contribution in [-0.2, 0) is 4.43 Å². The zero-order chi connectivity index (χ0) is 17.8. The van der Waals surface area contributed by atoms with Gasteiger partial charge in [0.25, 0.3) is 0 Å². The Morgan fingerprint density at radius 2 is 1.52 bits per heavy atom. The molecular formula is C11H12F5NO5Si. The Balaban J connectivity index is 2.66. The lowest BCUT2D eigenvalue weighted by atomic mass is 10.2. The van der Waals surface area contributed by atoms with Crippen molar-refractivity contribution in [1.82, 2.24) is 5.32 Å². The van der Waals surface area contributed by atoms with Crippen LogP contribution in [0.3, 0.4) is 0 Å². The van der Waals surface area contributed by atoms with E-state index in [1.807, 2.05) is 5.32 Å². The number of hydrogen-bond acceptors (Lipinski definition) is 5. The Bertz CT molecular complexity index is 572. The van der Waals surface area contributed by atoms with E-state index in [9.17, 15) is 36.3 Å². The highest BCUT2D eigenvalue weighted by atomic mass is 28.4. The largest absolute Gasteiger partial charge is 0.495 e. The molecule has 0 unspecified atom stereocenters. The molecule has 1 aromatic rings. The number of rotatable bonds is 6. The molecule has 0 aliphatic carbocycles. The average molecular weight is 361 g/mol. The molecule has 0 aliphatic rings. The normalized spacial score (nSPS) is 11.5. The van der Waals surface area contributed by atoms with Gasteiger partial charge in [-0.2, -0.15) is 8.78 Å². The second-order valence-electron chi connectivity index (χ2n) is 4.27. The third kappa shape index (κ3) is 4.85. The van der Waals surface area contributed by atoms with Crippen molar-refractivity contribution < 1.29 is 45.5 Å². The van der Waals surface area contributed by atoms with Crippen molar-refractivity contribution in [2.24, 2.45) is 0 Å². The summed E-state index contributed by atoms with van der Waals surface area (Å²) in [4.78, 5) is 29.7. The van der Waals surface area contributed by atoms with Crippen molar-refractivity contribution in [2.75, 3.05) is 13.7 Å². The van der Waals surface area contributed by atoms with E-state index in [1.54, 1.807) is 0 Å². The molecule has 0 radical (unpaired) electrons. The zero-order valence-electron chi connectivity index (χ0n) is 11.6. The van der Waals surface area contributed by atoms with Crippen LogP contribution in [0.2, 0.25) is 6.04 Å². The number of carbonyl (C=O) groups excluding carboxylic acids is 1. The third-order valence-corrected chi connectivity index (χ3v) is 4.30. The van der Waals surface area contributed by atoms with Gasteiger partial charge in [-0.25, -0.2) is 18.0 Å². The summed E-state index contributed by atoms with van der Waals surface area (Å²) in [5, 5.41) is 1.95. The first-order chi connectivity index (χ1) is 10.6. The number of hydrogen-bond donors (Lipinski definition) is 3. The predicted molar refractivity (Wildman–Crippen MR) is 66.9 cm³/mol. The summed E-state index contributed by atoms with van der Waals surface area (Å²) in [7, 11) is -2.74. The van der Waals surface area contributed by atoms with E-state index in [0.29, 0.717) is 0 Å². The van der Waals surface area contributed by atoms with Crippen LogP contribution < -0.4 is 10.1 Å². The highest BCUT2D eigenvalue weighted by Gasteiger charge is 2.30. The van der Waals surface area contributed by atoms with E-state index in [2.05, 4.69) is 9.16 Å². The first kappa shape index (κ1) is 19.3. The first-order valence-corrected chi connectivity index (χ1v) is 8.08. The van der Waals surface area contributed by atoms with Gasteiger partial charge < -0.3 is 24.1 Å². The van der Waals surface area contributed by atoms with Gasteiger partial charge in [-0.3, -0.25) is 0 Å². The quantitative estimate of drug-likeness (QED) is 0.235. The Kier molecular flexibility index (Phi) is 6.43. The molecule has 0 spiro atoms. The Morgan fingerprint density at radius 3 is 2.00 bits per heavy atom. The number of benzene rings is 1. The van der Waals surface area contributed by atoms with Gasteiger partial charge in [0.05, 0.1) is 0 Å². The molecule has 6 nitrogen and oxygen atoms in total. The van der Waals surface area contributed by atoms with Gasteiger partial charge in [-0.05, 0) is 6.42 Å². The van der Waals surface area contributed by atoms with Crippen LogP contribution in [0.25, 0.3) is 0 Å². The summed E-state index contributed by atoms with van der Waals surface area (Å²) in [6, 6.07) is -0.188. The maximum Gasteiger partial charge on any atom is 0.495 e. The molecule has 130 valence electrons. The Morgan fingerprint density at radius 1 is 1.04 bits per heavy atom. The fraction of sp³-hybridized carbons (Fsp3) is 0.364. The van der Waals surface area contributed by atoms with Crippen LogP contribution in [0.1, 0.15) is 6.42 Å². The maximum absolute atomic E-state index is 13.3. The average Bonchev–Trinajstić information content (AvgIpc) is 2.52. The van der Waals surface area contributed by atoms with Crippen molar-refractivity contribution in [3.63, 3.8) is 0 Å². The maximum atomic E-state index is 13.3. The molecule has 0 atom stereocenters. The highest BCUT2D eigenvalue weighted by molar-refractivity contribution is 6.57. The lowest BCUT2D eigenvalue weighted by molar-refractivity contribution is 0.181. The smallest absolute Gasteiger partial charge is 0.404 e. The van der Waals surface area contributed by atoms with Crippen LogP contribution in [0, 0.1) is 29.1 Å². The van der Waals surface area contributed by atoms with Gasteiger partial charge in [-0.15, -0.1) is 0 Å². The summed E-state index contributed by atoms with van der Waals surface area (Å²) in [6.07, 6.45) is -1.46. The van der Waals surface area contributed by atoms with Crippen LogP contribution in [0.4, 0.5) is 26.7 Å². The van der Waals surface area contributed by atoms with E-state index >= 15 is 0 Å². The molecule has 23 heavy (non-hydrogen) atoms. The predicted octanol–water partition coefficient (Wildman–Crippen LogP) is 1.43. The van der Waals surface area contributed by atoms with Gasteiger partial charge in [0.2, 0.25) is 34.8 Å². The molecule has 0 aromatic heterocycles. The molecule has 1 rings (SSSR count). The molecular weight excluding hydrogens is 349 g/mol. The lowest BCUT2D eigenvalue weighted by Gasteiger charge is -2.14. The molecule has 0 fully saturated rings. The van der Waals surface area contributed by atoms with E-state index in [4.69, 9.17) is 0 Å². The third-order valence-electron chi connectivity index (χ3n) is 2.64. The van der Waals surface area contributed by atoms with Crippen molar-refractivity contribution >= 4 is 14.9 Å². The Hall–Kier alpha value is -1.76. The van der Waals surface area contributed by atoms with E-state index in [0.717, 1.165) is 7.11 Å². The minimum absolute atomic E-state index is 0.0132. The molecule has 0 saturated heterocycles. The van der Waals surface area contributed by atoms with Gasteiger partial charge >= 0.3 is 14.9 Å². The van der Waals surface area contributed by atoms with Gasteiger partial charge in [0, 0.05) is 19.7 Å². The zero-order valence-corrected chi connectivity index (χ0v) is 12.6. The molecule has 1 aromatic carbocycles. The summed E-state index contributed by atoms with van der Waals surface area (Å²) >= 11 is 0. The minimum atomic E-state index is -3.82. The number of carbonyl (C=O) groups is 1. The fourth-order valence-corrected chi connectivity index (χ4v) is 2.26. The summed E-state index contributed by atoms with van der Waals surface area (Å²) in [6.45, 7) is -0.215. The molecule has 0 aliphatic heterocycles. The van der Waals surface area contributed by atoms with E-state index in [1.165, 1.54) is 0 Å². The standard InChI is InChI=1S/C11H12F5NO5Si/c1-21-23(19,20)4-2-3-17-11(18)22-10-8(15)6(13)5(12)7(14)9(10)16/h19-20H,2-4H2,1H3,(H,17,18). The summed E-state index contributed by atoms with van der Waals surface area (Å²) in [5.41, 5.74) is 0. The minimum Gasteiger partial charge on any atom is -0.404 e. The van der Waals surface area contributed by atoms with Crippen LogP contribution in [0.5, 0.6) is 5.75 Å². The number of nitrogens with one attached hydrogen (secondary N) is 1. The second-order valence-corrected chi connectivity index (χ2v) is 6.66. The fourth-order valence-electron chi connectivity index (χ4n) is 1.41. The lowest BCUT2D eigenvalue weighted by Crippen LogP contribution is -2.38.